The first-order valence-electron chi connectivity index (χ1n) is 6.66. The van der Waals surface area contributed by atoms with Gasteiger partial charge < -0.3 is 5.11 Å². The van der Waals surface area contributed by atoms with Crippen LogP contribution in [0.1, 0.15) is 6.92 Å². The number of sulfonamides is 1. The summed E-state index contributed by atoms with van der Waals surface area (Å²) in [6.07, 6.45) is -0.492. The summed E-state index contributed by atoms with van der Waals surface area (Å²) in [5.74, 6) is -1.74. The fraction of sp³-hybridized carbons (Fsp3) is 0.538. The summed E-state index contributed by atoms with van der Waals surface area (Å²) >= 11 is 0. The number of β-amino-alcohol motifs (C(OH)–C–C–N with tert-alkyl or cyclic N) is 1. The molecule has 0 spiro atoms. The standard InChI is InChI=1S/C13H18F2N2O3S/c1-10(18)9-16-4-6-17(7-5-16)21(19,20)13-8-11(14)2-3-12(13)15/h2-3,8,10,18H,4-7,9H2,1H3/t10-/m1/s1. The maximum atomic E-state index is 13.7. The Kier molecular flexibility index (Phi) is 4.92. The fourth-order valence-corrected chi connectivity index (χ4v) is 3.84. The summed E-state index contributed by atoms with van der Waals surface area (Å²) in [6.45, 7) is 3.38. The molecule has 1 atom stereocenters. The topological polar surface area (TPSA) is 60.9 Å². The molecule has 0 unspecified atom stereocenters. The SMILES string of the molecule is C[C@@H](O)CN1CCN(S(=O)(=O)c2cc(F)ccc2F)CC1. The minimum Gasteiger partial charge on any atom is -0.392 e. The van der Waals surface area contributed by atoms with E-state index in [9.17, 15) is 22.3 Å². The molecule has 21 heavy (non-hydrogen) atoms. The maximum absolute atomic E-state index is 13.7. The zero-order chi connectivity index (χ0) is 15.6. The number of aliphatic hydroxyl groups excluding tert-OH is 1. The van der Waals surface area contributed by atoms with Gasteiger partial charge in [-0.25, -0.2) is 17.2 Å². The van der Waals surface area contributed by atoms with Gasteiger partial charge >= 0.3 is 0 Å². The number of hydrogen-bond acceptors (Lipinski definition) is 4. The van der Waals surface area contributed by atoms with Crippen molar-refractivity contribution in [2.45, 2.75) is 17.9 Å². The van der Waals surface area contributed by atoms with Gasteiger partial charge in [-0.15, -0.1) is 0 Å². The Hall–Kier alpha value is -1.09. The van der Waals surface area contributed by atoms with E-state index in [0.29, 0.717) is 25.7 Å². The first-order chi connectivity index (χ1) is 9.80. The Morgan fingerprint density at radius 1 is 1.24 bits per heavy atom. The predicted octanol–water partition coefficient (Wildman–Crippen LogP) is 0.652. The first-order valence-corrected chi connectivity index (χ1v) is 8.10. The summed E-state index contributed by atoms with van der Waals surface area (Å²) < 4.78 is 52.6. The van der Waals surface area contributed by atoms with Gasteiger partial charge in [0.05, 0.1) is 6.10 Å². The van der Waals surface area contributed by atoms with E-state index in [1.807, 2.05) is 4.90 Å². The number of halogens is 2. The third-order valence-electron chi connectivity index (χ3n) is 3.36. The van der Waals surface area contributed by atoms with Crippen LogP contribution in [0.25, 0.3) is 0 Å². The van der Waals surface area contributed by atoms with E-state index in [1.165, 1.54) is 0 Å². The first kappa shape index (κ1) is 16.3. The van der Waals surface area contributed by atoms with Gasteiger partial charge in [0.15, 0.2) is 0 Å². The minimum atomic E-state index is -4.04. The largest absolute Gasteiger partial charge is 0.392 e. The maximum Gasteiger partial charge on any atom is 0.246 e. The average Bonchev–Trinajstić information content (AvgIpc) is 2.41. The van der Waals surface area contributed by atoms with E-state index in [-0.39, 0.29) is 13.1 Å². The van der Waals surface area contributed by atoms with Crippen molar-refractivity contribution in [2.75, 3.05) is 32.7 Å². The number of hydrogen-bond donors (Lipinski definition) is 1. The van der Waals surface area contributed by atoms with Gasteiger partial charge in [0.25, 0.3) is 0 Å². The quantitative estimate of drug-likeness (QED) is 0.885. The lowest BCUT2D eigenvalue weighted by Gasteiger charge is -2.34. The third-order valence-corrected chi connectivity index (χ3v) is 5.28. The molecular formula is C13H18F2N2O3S. The van der Waals surface area contributed by atoms with Crippen molar-refractivity contribution in [1.29, 1.82) is 0 Å². The smallest absolute Gasteiger partial charge is 0.246 e. The van der Waals surface area contributed by atoms with E-state index in [2.05, 4.69) is 0 Å². The van der Waals surface area contributed by atoms with Gasteiger partial charge in [-0.3, -0.25) is 4.90 Å². The second-order valence-corrected chi connectivity index (χ2v) is 7.03. The van der Waals surface area contributed by atoms with E-state index in [0.717, 1.165) is 16.4 Å². The average molecular weight is 320 g/mol. The molecule has 2 rings (SSSR count). The molecule has 5 nitrogen and oxygen atoms in total. The van der Waals surface area contributed by atoms with Crippen LogP contribution in [0.4, 0.5) is 8.78 Å². The zero-order valence-electron chi connectivity index (χ0n) is 11.7. The van der Waals surface area contributed by atoms with E-state index < -0.39 is 32.7 Å². The molecule has 1 saturated heterocycles. The van der Waals surface area contributed by atoms with Gasteiger partial charge in [0.1, 0.15) is 16.5 Å². The van der Waals surface area contributed by atoms with Crippen LogP contribution in [0, 0.1) is 11.6 Å². The van der Waals surface area contributed by atoms with Crippen LogP contribution >= 0.6 is 0 Å². The molecule has 1 heterocycles. The molecule has 0 saturated carbocycles. The Labute approximate surface area is 122 Å². The van der Waals surface area contributed by atoms with Gasteiger partial charge in [0, 0.05) is 32.7 Å². The molecule has 1 aliphatic rings. The van der Waals surface area contributed by atoms with Crippen molar-refractivity contribution in [2.24, 2.45) is 0 Å². The molecule has 0 radical (unpaired) electrons. The minimum absolute atomic E-state index is 0.186. The van der Waals surface area contributed by atoms with Crippen molar-refractivity contribution >= 4 is 10.0 Å². The molecule has 1 fully saturated rings. The molecule has 1 aromatic carbocycles. The Balaban J connectivity index is 2.13. The monoisotopic (exact) mass is 320 g/mol. The molecule has 1 aliphatic heterocycles. The van der Waals surface area contributed by atoms with Crippen molar-refractivity contribution in [3.05, 3.63) is 29.8 Å². The van der Waals surface area contributed by atoms with Crippen LogP contribution in [0.15, 0.2) is 23.1 Å². The van der Waals surface area contributed by atoms with Crippen LogP contribution in [-0.2, 0) is 10.0 Å². The Morgan fingerprint density at radius 2 is 1.86 bits per heavy atom. The number of nitrogens with zero attached hydrogens (tertiary/aromatic N) is 2. The normalized spacial score (nSPS) is 19.6. The number of rotatable bonds is 4. The van der Waals surface area contributed by atoms with Crippen LogP contribution in [0.3, 0.4) is 0 Å². The Bertz CT molecular complexity index is 599. The van der Waals surface area contributed by atoms with Crippen LogP contribution in [0.5, 0.6) is 0 Å². The molecule has 0 amide bonds. The van der Waals surface area contributed by atoms with Crippen molar-refractivity contribution in [3.63, 3.8) is 0 Å². The predicted molar refractivity (Wildman–Crippen MR) is 73.2 cm³/mol. The van der Waals surface area contributed by atoms with E-state index >= 15 is 0 Å². The van der Waals surface area contributed by atoms with E-state index in [4.69, 9.17) is 0 Å². The summed E-state index contributed by atoms with van der Waals surface area (Å²) in [5, 5.41) is 9.31. The number of aliphatic hydroxyl groups is 1. The molecule has 8 heteroatoms. The van der Waals surface area contributed by atoms with Gasteiger partial charge in [-0.1, -0.05) is 0 Å². The van der Waals surface area contributed by atoms with Crippen LogP contribution in [-0.4, -0.2) is 61.6 Å². The lowest BCUT2D eigenvalue weighted by atomic mass is 10.3. The lowest BCUT2D eigenvalue weighted by Crippen LogP contribution is -2.50. The summed E-state index contributed by atoms with van der Waals surface area (Å²) in [7, 11) is -4.04. The fourth-order valence-electron chi connectivity index (χ4n) is 2.34. The second kappa shape index (κ2) is 6.35. The lowest BCUT2D eigenvalue weighted by molar-refractivity contribution is 0.103. The molecule has 0 aliphatic carbocycles. The van der Waals surface area contributed by atoms with Gasteiger partial charge in [-0.05, 0) is 25.1 Å². The second-order valence-electron chi connectivity index (χ2n) is 5.13. The van der Waals surface area contributed by atoms with E-state index in [1.54, 1.807) is 6.92 Å². The van der Waals surface area contributed by atoms with Crippen LogP contribution in [0.2, 0.25) is 0 Å². The molecule has 0 aromatic heterocycles. The molecule has 1 N–H and O–H groups in total. The summed E-state index contributed by atoms with van der Waals surface area (Å²) in [4.78, 5) is 1.30. The number of benzene rings is 1. The van der Waals surface area contributed by atoms with Gasteiger partial charge in [0.2, 0.25) is 10.0 Å². The molecule has 1 aromatic rings. The van der Waals surface area contributed by atoms with Crippen LogP contribution < -0.4 is 0 Å². The van der Waals surface area contributed by atoms with Crippen molar-refractivity contribution in [1.82, 2.24) is 9.21 Å². The number of piperazine rings is 1. The van der Waals surface area contributed by atoms with Crippen molar-refractivity contribution in [3.8, 4) is 0 Å². The highest BCUT2D eigenvalue weighted by Crippen LogP contribution is 2.21. The zero-order valence-corrected chi connectivity index (χ0v) is 12.5. The highest BCUT2D eigenvalue weighted by Gasteiger charge is 2.31. The van der Waals surface area contributed by atoms with Crippen molar-refractivity contribution < 1.29 is 22.3 Å². The highest BCUT2D eigenvalue weighted by molar-refractivity contribution is 7.89. The third kappa shape index (κ3) is 3.76. The highest BCUT2D eigenvalue weighted by atomic mass is 32.2. The Morgan fingerprint density at radius 3 is 2.43 bits per heavy atom. The molecule has 118 valence electrons. The summed E-state index contributed by atoms with van der Waals surface area (Å²) in [5.41, 5.74) is 0. The molecule has 0 bridgehead atoms. The van der Waals surface area contributed by atoms with Gasteiger partial charge in [-0.2, -0.15) is 4.31 Å². The molecular weight excluding hydrogens is 302 g/mol. The summed E-state index contributed by atoms with van der Waals surface area (Å²) in [6, 6.07) is 2.40.